The third-order valence-corrected chi connectivity index (χ3v) is 4.44. The first-order valence-corrected chi connectivity index (χ1v) is 9.52. The van der Waals surface area contributed by atoms with E-state index in [-0.39, 0.29) is 30.1 Å². The molecule has 0 fully saturated rings. The summed E-state index contributed by atoms with van der Waals surface area (Å²) in [7, 11) is 0. The highest BCUT2D eigenvalue weighted by Crippen LogP contribution is 2.21. The lowest BCUT2D eigenvalue weighted by Gasteiger charge is -2.15. The molecule has 0 saturated heterocycles. The zero-order valence-electron chi connectivity index (χ0n) is 16.4. The molecular formula is C25H26O4. The predicted octanol–water partition coefficient (Wildman–Crippen LogP) is 4.51. The van der Waals surface area contributed by atoms with Crippen molar-refractivity contribution in [1.29, 1.82) is 0 Å². The molecule has 2 rings (SSSR count). The second kappa shape index (κ2) is 11.6. The Bertz CT molecular complexity index is 866. The molecule has 1 N–H and O–H groups in total. The first-order chi connectivity index (χ1) is 14.0. The normalized spacial score (nSPS) is 11.8. The minimum absolute atomic E-state index is 0.0591. The van der Waals surface area contributed by atoms with Crippen LogP contribution in [0.15, 0.2) is 91.0 Å². The van der Waals surface area contributed by atoms with Crippen LogP contribution < -0.4 is 0 Å². The van der Waals surface area contributed by atoms with E-state index < -0.39 is 11.9 Å². The number of benzene rings is 2. The lowest BCUT2D eigenvalue weighted by atomic mass is 9.91. The zero-order valence-corrected chi connectivity index (χ0v) is 16.4. The van der Waals surface area contributed by atoms with Gasteiger partial charge in [-0.25, -0.2) is 9.59 Å². The molecule has 0 aliphatic carbocycles. The van der Waals surface area contributed by atoms with E-state index in [0.29, 0.717) is 12.8 Å². The fourth-order valence-electron chi connectivity index (χ4n) is 2.73. The van der Waals surface area contributed by atoms with Crippen molar-refractivity contribution in [2.24, 2.45) is 5.92 Å². The smallest absolute Gasteiger partial charge is 0.341 e. The van der Waals surface area contributed by atoms with Crippen LogP contribution in [0.5, 0.6) is 0 Å². The van der Waals surface area contributed by atoms with Gasteiger partial charge in [-0.15, -0.1) is 0 Å². The number of esters is 2. The minimum Gasteiger partial charge on any atom is -0.396 e. The molecule has 0 aliphatic heterocycles. The highest BCUT2D eigenvalue weighted by atomic mass is 16.6. The largest absolute Gasteiger partial charge is 0.396 e. The third kappa shape index (κ3) is 7.35. The molecule has 0 spiro atoms. The summed E-state index contributed by atoms with van der Waals surface area (Å²) in [5.41, 5.74) is 2.40. The maximum absolute atomic E-state index is 12.5. The predicted molar refractivity (Wildman–Crippen MR) is 115 cm³/mol. The van der Waals surface area contributed by atoms with Crippen LogP contribution in [0.25, 0.3) is 6.08 Å². The van der Waals surface area contributed by atoms with Gasteiger partial charge in [0.2, 0.25) is 0 Å². The van der Waals surface area contributed by atoms with Gasteiger partial charge in [0.05, 0.1) is 0 Å². The van der Waals surface area contributed by atoms with Crippen LogP contribution in [0.4, 0.5) is 0 Å². The minimum atomic E-state index is -0.782. The number of hydrogen-bond acceptors (Lipinski definition) is 4. The summed E-state index contributed by atoms with van der Waals surface area (Å²) in [6, 6.07) is 19.5. The first kappa shape index (κ1) is 22.1. The van der Waals surface area contributed by atoms with Crippen LogP contribution in [0.1, 0.15) is 24.0 Å². The van der Waals surface area contributed by atoms with Crippen LogP contribution >= 0.6 is 0 Å². The highest BCUT2D eigenvalue weighted by molar-refractivity contribution is 6.01. The highest BCUT2D eigenvalue weighted by Gasteiger charge is 2.22. The average molecular weight is 390 g/mol. The molecule has 1 unspecified atom stereocenters. The monoisotopic (exact) mass is 390 g/mol. The first-order valence-electron chi connectivity index (χ1n) is 9.52. The maximum Gasteiger partial charge on any atom is 0.341 e. The Hall–Kier alpha value is -3.24. The standard InChI is InChI=1S/C25H26O4/c1-19(10-9-17-26)24(27)29-25(28)20(2)23(18-22-13-7-4-8-14-22)16-15-21-11-5-3-6-12-21/h3-8,11-16,23,26H,1-2,9-10,17-18H2. The van der Waals surface area contributed by atoms with Crippen molar-refractivity contribution in [3.05, 3.63) is 102 Å². The van der Waals surface area contributed by atoms with Gasteiger partial charge in [-0.05, 0) is 30.4 Å². The van der Waals surface area contributed by atoms with Crippen LogP contribution in [-0.2, 0) is 20.7 Å². The van der Waals surface area contributed by atoms with Crippen LogP contribution in [0.2, 0.25) is 0 Å². The van der Waals surface area contributed by atoms with Crippen molar-refractivity contribution in [2.45, 2.75) is 19.3 Å². The van der Waals surface area contributed by atoms with Gasteiger partial charge in [0.25, 0.3) is 0 Å². The number of rotatable bonds is 10. The molecule has 0 amide bonds. The Morgan fingerprint density at radius 2 is 1.59 bits per heavy atom. The maximum atomic E-state index is 12.5. The molecule has 29 heavy (non-hydrogen) atoms. The van der Waals surface area contributed by atoms with Gasteiger partial charge in [-0.2, -0.15) is 0 Å². The Kier molecular flexibility index (Phi) is 8.80. The lowest BCUT2D eigenvalue weighted by Crippen LogP contribution is -2.20. The summed E-state index contributed by atoms with van der Waals surface area (Å²) >= 11 is 0. The van der Waals surface area contributed by atoms with Crippen LogP contribution in [-0.4, -0.2) is 23.7 Å². The van der Waals surface area contributed by atoms with Gasteiger partial charge < -0.3 is 9.84 Å². The molecule has 0 heterocycles. The number of aliphatic hydroxyl groups excluding tert-OH is 1. The molecule has 0 saturated carbocycles. The summed E-state index contributed by atoms with van der Waals surface area (Å²) in [6.45, 7) is 7.44. The van der Waals surface area contributed by atoms with Crippen molar-refractivity contribution in [1.82, 2.24) is 0 Å². The van der Waals surface area contributed by atoms with Crippen molar-refractivity contribution < 1.29 is 19.4 Å². The lowest BCUT2D eigenvalue weighted by molar-refractivity contribution is -0.154. The quantitative estimate of drug-likeness (QED) is 0.368. The average Bonchev–Trinajstić information content (AvgIpc) is 2.75. The van der Waals surface area contributed by atoms with Crippen LogP contribution in [0, 0.1) is 5.92 Å². The van der Waals surface area contributed by atoms with Gasteiger partial charge in [-0.3, -0.25) is 0 Å². The van der Waals surface area contributed by atoms with E-state index in [1.165, 1.54) is 0 Å². The van der Waals surface area contributed by atoms with E-state index in [9.17, 15) is 9.59 Å². The van der Waals surface area contributed by atoms with Crippen molar-refractivity contribution >= 4 is 18.0 Å². The molecule has 0 aromatic heterocycles. The van der Waals surface area contributed by atoms with E-state index in [2.05, 4.69) is 13.2 Å². The summed E-state index contributed by atoms with van der Waals surface area (Å²) in [6.07, 6.45) is 5.04. The van der Waals surface area contributed by atoms with Gasteiger partial charge in [0.1, 0.15) is 0 Å². The molecule has 0 radical (unpaired) electrons. The van der Waals surface area contributed by atoms with Gasteiger partial charge in [0.15, 0.2) is 0 Å². The van der Waals surface area contributed by atoms with Gasteiger partial charge in [0, 0.05) is 23.7 Å². The number of ether oxygens (including phenoxy) is 1. The number of hydrogen-bond donors (Lipinski definition) is 1. The van der Waals surface area contributed by atoms with E-state index in [1.54, 1.807) is 0 Å². The Morgan fingerprint density at radius 1 is 0.966 bits per heavy atom. The Morgan fingerprint density at radius 3 is 2.21 bits per heavy atom. The van der Waals surface area contributed by atoms with E-state index in [0.717, 1.165) is 11.1 Å². The Balaban J connectivity index is 2.12. The number of carbonyl (C=O) groups excluding carboxylic acids is 2. The second-order valence-electron chi connectivity index (χ2n) is 6.70. The van der Waals surface area contributed by atoms with E-state index in [4.69, 9.17) is 9.84 Å². The summed E-state index contributed by atoms with van der Waals surface area (Å²) in [5, 5.41) is 8.85. The SMILES string of the molecule is C=C(CCCO)C(=O)OC(=O)C(=C)C(C=Cc1ccccc1)Cc1ccccc1. The number of aliphatic hydroxyl groups is 1. The van der Waals surface area contributed by atoms with Gasteiger partial charge in [-0.1, -0.05) is 86.0 Å². The van der Waals surface area contributed by atoms with Crippen LogP contribution in [0.3, 0.4) is 0 Å². The summed E-state index contributed by atoms with van der Waals surface area (Å²) in [5.74, 6) is -1.88. The molecule has 4 heteroatoms. The zero-order chi connectivity index (χ0) is 21.1. The van der Waals surface area contributed by atoms with Crippen molar-refractivity contribution in [3.8, 4) is 0 Å². The van der Waals surface area contributed by atoms with E-state index in [1.807, 2.05) is 72.8 Å². The molecular weight excluding hydrogens is 364 g/mol. The summed E-state index contributed by atoms with van der Waals surface area (Å²) < 4.78 is 4.95. The molecule has 2 aromatic carbocycles. The molecule has 0 bridgehead atoms. The molecule has 0 aliphatic rings. The van der Waals surface area contributed by atoms with E-state index >= 15 is 0 Å². The second-order valence-corrected chi connectivity index (χ2v) is 6.70. The number of carbonyl (C=O) groups is 2. The Labute approximate surface area is 171 Å². The van der Waals surface area contributed by atoms with Gasteiger partial charge >= 0.3 is 11.9 Å². The summed E-state index contributed by atoms with van der Waals surface area (Å²) in [4.78, 5) is 24.5. The fraction of sp³-hybridized carbons (Fsp3) is 0.200. The third-order valence-electron chi connectivity index (χ3n) is 4.44. The van der Waals surface area contributed by atoms with Crippen molar-refractivity contribution in [3.63, 3.8) is 0 Å². The molecule has 2 aromatic rings. The molecule has 4 nitrogen and oxygen atoms in total. The topological polar surface area (TPSA) is 63.6 Å². The number of allylic oxidation sites excluding steroid dienone is 1. The fourth-order valence-corrected chi connectivity index (χ4v) is 2.73. The molecule has 1 atom stereocenters. The van der Waals surface area contributed by atoms with Crippen molar-refractivity contribution in [2.75, 3.05) is 6.61 Å². The molecule has 150 valence electrons.